The largest absolute Gasteiger partial charge is 0.360 e. The van der Waals surface area contributed by atoms with Crippen LogP contribution in [0, 0.1) is 0 Å². The predicted octanol–water partition coefficient (Wildman–Crippen LogP) is 6.38. The van der Waals surface area contributed by atoms with Crippen LogP contribution in [0.4, 0.5) is 0 Å². The summed E-state index contributed by atoms with van der Waals surface area (Å²) in [6, 6.07) is 0. The first-order chi connectivity index (χ1) is 13.8. The van der Waals surface area contributed by atoms with Gasteiger partial charge in [0.2, 0.25) is 5.91 Å². The third-order valence-electron chi connectivity index (χ3n) is 7.08. The Kier molecular flexibility index (Phi) is 9.56. The van der Waals surface area contributed by atoms with Crippen LogP contribution in [-0.4, -0.2) is 42.9 Å². The molecule has 3 aliphatic heterocycles. The quantitative estimate of drug-likeness (QED) is 0.284. The number of unbranched alkanes of at least 4 members (excludes halogenated alkanes) is 13. The molecule has 164 valence electrons. The topological polar surface area (TPSA) is 30.9 Å². The Morgan fingerprint density at radius 3 is 1.50 bits per heavy atom. The van der Waals surface area contributed by atoms with Gasteiger partial charge in [-0.15, -0.1) is 0 Å². The molecule has 0 aromatic carbocycles. The van der Waals surface area contributed by atoms with Gasteiger partial charge < -0.3 is 14.2 Å². The molecular formula is C24H45NO3. The van der Waals surface area contributed by atoms with E-state index in [1.54, 1.807) is 0 Å². The molecule has 3 fully saturated rings. The van der Waals surface area contributed by atoms with E-state index in [-0.39, 0.29) is 5.72 Å². The summed E-state index contributed by atoms with van der Waals surface area (Å²) in [5, 5.41) is 0. The van der Waals surface area contributed by atoms with Gasteiger partial charge in [-0.25, -0.2) is 4.90 Å². The average molecular weight is 396 g/mol. The van der Waals surface area contributed by atoms with Gasteiger partial charge in [-0.2, -0.15) is 0 Å². The molecule has 3 rings (SSSR count). The van der Waals surface area contributed by atoms with E-state index in [1.165, 1.54) is 89.9 Å². The third kappa shape index (κ3) is 5.93. The summed E-state index contributed by atoms with van der Waals surface area (Å²) in [7, 11) is 0. The molecule has 2 unspecified atom stereocenters. The highest BCUT2D eigenvalue weighted by Gasteiger charge is 2.59. The molecule has 0 aromatic rings. The Morgan fingerprint density at radius 2 is 1.07 bits per heavy atom. The summed E-state index contributed by atoms with van der Waals surface area (Å²) >= 11 is 0. The molecule has 0 saturated carbocycles. The molecule has 3 heterocycles. The summed E-state index contributed by atoms with van der Waals surface area (Å²) < 4.78 is 17.9. The van der Waals surface area contributed by atoms with Gasteiger partial charge in [0.25, 0.3) is 0 Å². The average Bonchev–Trinajstić information content (AvgIpc) is 3.09. The van der Waals surface area contributed by atoms with E-state index in [9.17, 15) is 0 Å². The van der Waals surface area contributed by atoms with Crippen molar-refractivity contribution in [1.82, 2.24) is 4.90 Å². The van der Waals surface area contributed by atoms with Crippen molar-refractivity contribution < 1.29 is 14.2 Å². The Bertz CT molecular complexity index is 420. The fourth-order valence-corrected chi connectivity index (χ4v) is 5.14. The number of nitrogens with zero attached hydrogens (tertiary/aromatic N) is 1. The van der Waals surface area contributed by atoms with Gasteiger partial charge in [0, 0.05) is 19.4 Å². The molecule has 1 spiro atoms. The maximum absolute atomic E-state index is 6.11. The molecule has 0 amide bonds. The highest BCUT2D eigenvalue weighted by atomic mass is 16.8. The molecule has 2 atom stereocenters. The van der Waals surface area contributed by atoms with E-state index >= 15 is 0 Å². The molecule has 3 aliphatic rings. The molecular weight excluding hydrogens is 350 g/mol. The highest BCUT2D eigenvalue weighted by Crippen LogP contribution is 2.47. The molecule has 0 aromatic heterocycles. The van der Waals surface area contributed by atoms with Crippen LogP contribution >= 0.6 is 0 Å². The van der Waals surface area contributed by atoms with Gasteiger partial charge in [-0.1, -0.05) is 90.4 Å². The maximum atomic E-state index is 6.11. The molecule has 28 heavy (non-hydrogen) atoms. The third-order valence-corrected chi connectivity index (χ3v) is 7.08. The van der Waals surface area contributed by atoms with Gasteiger partial charge in [-0.05, 0) is 12.8 Å². The van der Waals surface area contributed by atoms with Gasteiger partial charge >= 0.3 is 0 Å². The van der Waals surface area contributed by atoms with Crippen molar-refractivity contribution in [2.45, 2.75) is 128 Å². The fraction of sp³-hybridized carbons (Fsp3) is 1.00. The van der Waals surface area contributed by atoms with Gasteiger partial charge in [0.15, 0.2) is 0 Å². The first-order valence-corrected chi connectivity index (χ1v) is 12.5. The van der Waals surface area contributed by atoms with E-state index < -0.39 is 5.91 Å². The minimum atomic E-state index is -0.434. The van der Waals surface area contributed by atoms with E-state index in [1.807, 2.05) is 0 Å². The zero-order valence-corrected chi connectivity index (χ0v) is 18.5. The SMILES string of the molecule is CCCCCCCCCCCCCCCCC1(N2CCOC23CCO3)CCO1. The van der Waals surface area contributed by atoms with Crippen molar-refractivity contribution in [3.63, 3.8) is 0 Å². The van der Waals surface area contributed by atoms with E-state index in [0.29, 0.717) is 0 Å². The summed E-state index contributed by atoms with van der Waals surface area (Å²) in [4.78, 5) is 2.40. The first kappa shape index (κ1) is 22.5. The van der Waals surface area contributed by atoms with Gasteiger partial charge in [0.05, 0.1) is 19.8 Å². The minimum Gasteiger partial charge on any atom is -0.360 e. The Balaban J connectivity index is 1.16. The van der Waals surface area contributed by atoms with Gasteiger partial charge in [0.1, 0.15) is 5.72 Å². The summed E-state index contributed by atoms with van der Waals surface area (Å²) in [5.41, 5.74) is -0.0892. The lowest BCUT2D eigenvalue weighted by molar-refractivity contribution is -0.402. The Morgan fingerprint density at radius 1 is 0.607 bits per heavy atom. The first-order valence-electron chi connectivity index (χ1n) is 12.5. The van der Waals surface area contributed by atoms with Crippen molar-refractivity contribution in [1.29, 1.82) is 0 Å². The van der Waals surface area contributed by atoms with Crippen LogP contribution in [0.1, 0.15) is 116 Å². The normalized spacial score (nSPS) is 29.9. The number of hydrogen-bond donors (Lipinski definition) is 0. The lowest BCUT2D eigenvalue weighted by atomic mass is 9.93. The Labute approximate surface area is 173 Å². The Hall–Kier alpha value is -0.160. The zero-order chi connectivity index (χ0) is 19.5. The second kappa shape index (κ2) is 11.9. The second-order valence-corrected chi connectivity index (χ2v) is 9.20. The molecule has 4 heteroatoms. The zero-order valence-electron chi connectivity index (χ0n) is 18.5. The monoisotopic (exact) mass is 395 g/mol. The maximum Gasteiger partial charge on any atom is 0.234 e. The van der Waals surface area contributed by atoms with Crippen LogP contribution in [-0.2, 0) is 14.2 Å². The fourth-order valence-electron chi connectivity index (χ4n) is 5.14. The predicted molar refractivity (Wildman–Crippen MR) is 114 cm³/mol. The second-order valence-electron chi connectivity index (χ2n) is 9.20. The number of hydrogen-bond acceptors (Lipinski definition) is 4. The van der Waals surface area contributed by atoms with E-state index in [0.717, 1.165) is 45.6 Å². The van der Waals surface area contributed by atoms with Crippen LogP contribution in [0.25, 0.3) is 0 Å². The summed E-state index contributed by atoms with van der Waals surface area (Å²) in [6.45, 7) is 5.75. The van der Waals surface area contributed by atoms with Crippen LogP contribution in [0.2, 0.25) is 0 Å². The van der Waals surface area contributed by atoms with Crippen molar-refractivity contribution >= 4 is 0 Å². The van der Waals surface area contributed by atoms with Crippen molar-refractivity contribution in [2.24, 2.45) is 0 Å². The number of rotatable bonds is 16. The minimum absolute atomic E-state index is 0.0892. The molecule has 0 N–H and O–H groups in total. The lowest BCUT2D eigenvalue weighted by Crippen LogP contribution is -2.68. The molecule has 3 saturated heterocycles. The highest BCUT2D eigenvalue weighted by molar-refractivity contribution is 4.97. The van der Waals surface area contributed by atoms with Crippen LogP contribution in [0.15, 0.2) is 0 Å². The van der Waals surface area contributed by atoms with E-state index in [4.69, 9.17) is 14.2 Å². The van der Waals surface area contributed by atoms with Crippen LogP contribution in [0.3, 0.4) is 0 Å². The standard InChI is InChI=1S/C24H45NO3/c1-2-3-4-5-6-7-8-9-10-11-12-13-14-15-16-23(17-20-26-23)25-19-22-28-24(25)18-21-27-24/h2-22H2,1H3. The molecule has 4 nitrogen and oxygen atoms in total. The van der Waals surface area contributed by atoms with E-state index in [2.05, 4.69) is 11.8 Å². The van der Waals surface area contributed by atoms with Crippen LogP contribution in [0.5, 0.6) is 0 Å². The molecule has 0 bridgehead atoms. The molecule has 0 radical (unpaired) electrons. The van der Waals surface area contributed by atoms with Crippen molar-refractivity contribution in [2.75, 3.05) is 26.4 Å². The van der Waals surface area contributed by atoms with Crippen molar-refractivity contribution in [3.05, 3.63) is 0 Å². The smallest absolute Gasteiger partial charge is 0.234 e. The van der Waals surface area contributed by atoms with Gasteiger partial charge in [-0.3, -0.25) is 0 Å². The lowest BCUT2D eigenvalue weighted by Gasteiger charge is -2.56. The number of ether oxygens (including phenoxy) is 3. The summed E-state index contributed by atoms with van der Waals surface area (Å²) in [5.74, 6) is -0.434. The van der Waals surface area contributed by atoms with Crippen LogP contribution < -0.4 is 0 Å². The summed E-state index contributed by atoms with van der Waals surface area (Å²) in [6.07, 6.45) is 23.0. The molecule has 0 aliphatic carbocycles. The van der Waals surface area contributed by atoms with Crippen molar-refractivity contribution in [3.8, 4) is 0 Å².